The molecule has 0 radical (unpaired) electrons. The summed E-state index contributed by atoms with van der Waals surface area (Å²) in [6, 6.07) is 1.50. The van der Waals surface area contributed by atoms with Gasteiger partial charge in [0.15, 0.2) is 11.5 Å². The molecule has 8 heteroatoms. The summed E-state index contributed by atoms with van der Waals surface area (Å²) < 4.78 is 21.4. The summed E-state index contributed by atoms with van der Waals surface area (Å²) in [5.74, 6) is -0.861. The molecule has 1 heterocycles. The van der Waals surface area contributed by atoms with Crippen LogP contribution in [-0.4, -0.2) is 51.6 Å². The Morgan fingerprint density at radius 1 is 1.04 bits per heavy atom. The van der Waals surface area contributed by atoms with Crippen molar-refractivity contribution >= 4 is 23.3 Å². The lowest BCUT2D eigenvalue weighted by Crippen LogP contribution is -2.37. The van der Waals surface area contributed by atoms with Crippen molar-refractivity contribution in [3.05, 3.63) is 11.6 Å². The molecule has 28 heavy (non-hydrogen) atoms. The topological polar surface area (TPSA) is 91.4 Å². The lowest BCUT2D eigenvalue weighted by atomic mass is 9.89. The number of anilines is 1. The zero-order valence-corrected chi connectivity index (χ0v) is 16.6. The van der Waals surface area contributed by atoms with Gasteiger partial charge in [-0.25, -0.2) is 0 Å². The molecule has 1 saturated carbocycles. The SMILES string of the molecule is COc1cc2c(c(OC)c1OC)C(=O)C(=O)N2CC(=O)OC1CCC(C)CC1. The van der Waals surface area contributed by atoms with Gasteiger partial charge in [-0.15, -0.1) is 0 Å². The van der Waals surface area contributed by atoms with Crippen molar-refractivity contribution in [2.45, 2.75) is 38.7 Å². The van der Waals surface area contributed by atoms with Crippen molar-refractivity contribution in [2.75, 3.05) is 32.8 Å². The number of benzene rings is 1. The maximum atomic E-state index is 12.5. The van der Waals surface area contributed by atoms with E-state index in [0.29, 0.717) is 11.7 Å². The highest BCUT2D eigenvalue weighted by molar-refractivity contribution is 6.53. The molecule has 2 aliphatic rings. The first-order valence-electron chi connectivity index (χ1n) is 9.29. The minimum atomic E-state index is -0.808. The summed E-state index contributed by atoms with van der Waals surface area (Å²) in [4.78, 5) is 38.6. The number of ketones is 1. The molecule has 0 aromatic heterocycles. The first kappa shape index (κ1) is 20.0. The first-order valence-corrected chi connectivity index (χ1v) is 9.29. The Morgan fingerprint density at radius 3 is 2.25 bits per heavy atom. The molecular formula is C20H25NO7. The number of carbonyl (C=O) groups excluding carboxylic acids is 3. The highest BCUT2D eigenvalue weighted by Crippen LogP contribution is 2.48. The molecule has 152 valence electrons. The van der Waals surface area contributed by atoms with Gasteiger partial charge >= 0.3 is 5.97 Å². The smallest absolute Gasteiger partial charge is 0.326 e. The molecule has 0 bridgehead atoms. The largest absolute Gasteiger partial charge is 0.493 e. The van der Waals surface area contributed by atoms with Crippen LogP contribution in [0.15, 0.2) is 6.07 Å². The predicted molar refractivity (Wildman–Crippen MR) is 100 cm³/mol. The Balaban J connectivity index is 1.85. The van der Waals surface area contributed by atoms with E-state index in [4.69, 9.17) is 18.9 Å². The molecule has 1 aliphatic heterocycles. The summed E-state index contributed by atoms with van der Waals surface area (Å²) in [7, 11) is 4.22. The average Bonchev–Trinajstić information content (AvgIpc) is 2.92. The Kier molecular flexibility index (Phi) is 5.76. The lowest BCUT2D eigenvalue weighted by Gasteiger charge is -2.27. The van der Waals surface area contributed by atoms with E-state index >= 15 is 0 Å². The Hall–Kier alpha value is -2.77. The van der Waals surface area contributed by atoms with Crippen LogP contribution >= 0.6 is 0 Å². The summed E-state index contributed by atoms with van der Waals surface area (Å²) in [5.41, 5.74) is 0.308. The van der Waals surface area contributed by atoms with E-state index in [1.807, 2.05) is 0 Å². The third-order valence-corrected chi connectivity index (χ3v) is 5.31. The third-order valence-electron chi connectivity index (χ3n) is 5.31. The molecule has 1 aliphatic carbocycles. The van der Waals surface area contributed by atoms with Crippen LogP contribution in [0.25, 0.3) is 0 Å². The van der Waals surface area contributed by atoms with Crippen LogP contribution in [0.4, 0.5) is 5.69 Å². The normalized spacial score (nSPS) is 21.4. The van der Waals surface area contributed by atoms with Crippen molar-refractivity contribution in [3.63, 3.8) is 0 Å². The van der Waals surface area contributed by atoms with Gasteiger partial charge in [0.05, 0.1) is 32.6 Å². The number of hydrogen-bond donors (Lipinski definition) is 0. The number of hydrogen-bond acceptors (Lipinski definition) is 7. The van der Waals surface area contributed by atoms with Crippen LogP contribution < -0.4 is 19.1 Å². The van der Waals surface area contributed by atoms with E-state index in [1.165, 1.54) is 27.4 Å². The summed E-state index contributed by atoms with van der Waals surface area (Å²) in [6.45, 7) is 1.83. The van der Waals surface area contributed by atoms with Crippen molar-refractivity contribution in [1.29, 1.82) is 0 Å². The Labute approximate surface area is 163 Å². The fraction of sp³-hybridized carbons (Fsp3) is 0.550. The number of Topliss-reactive ketones (excluding diaryl/α,β-unsaturated/α-hetero) is 1. The summed E-state index contributed by atoms with van der Waals surface area (Å²) in [5, 5.41) is 0. The maximum absolute atomic E-state index is 12.5. The fourth-order valence-corrected chi connectivity index (χ4v) is 3.77. The molecule has 1 fully saturated rings. The van der Waals surface area contributed by atoms with Gasteiger partial charge in [-0.05, 0) is 31.6 Å². The quantitative estimate of drug-likeness (QED) is 0.543. The molecule has 0 N–H and O–H groups in total. The van der Waals surface area contributed by atoms with Crippen LogP contribution in [-0.2, 0) is 14.3 Å². The van der Waals surface area contributed by atoms with Crippen molar-refractivity contribution in [1.82, 2.24) is 0 Å². The number of nitrogens with zero attached hydrogens (tertiary/aromatic N) is 1. The minimum Gasteiger partial charge on any atom is -0.493 e. The molecule has 0 spiro atoms. The van der Waals surface area contributed by atoms with Crippen molar-refractivity contribution in [2.24, 2.45) is 5.92 Å². The van der Waals surface area contributed by atoms with Crippen LogP contribution in [0.2, 0.25) is 0 Å². The highest BCUT2D eigenvalue weighted by atomic mass is 16.5. The fourth-order valence-electron chi connectivity index (χ4n) is 3.77. The maximum Gasteiger partial charge on any atom is 0.326 e. The van der Waals surface area contributed by atoms with Gasteiger partial charge in [0.1, 0.15) is 12.6 Å². The summed E-state index contributed by atoms with van der Waals surface area (Å²) >= 11 is 0. The van der Waals surface area contributed by atoms with Gasteiger partial charge in [-0.3, -0.25) is 19.3 Å². The second-order valence-electron chi connectivity index (χ2n) is 7.13. The van der Waals surface area contributed by atoms with Crippen LogP contribution in [0.3, 0.4) is 0 Å². The highest BCUT2D eigenvalue weighted by Gasteiger charge is 2.42. The number of rotatable bonds is 6. The van der Waals surface area contributed by atoms with Crippen LogP contribution in [0.1, 0.15) is 43.0 Å². The monoisotopic (exact) mass is 391 g/mol. The standard InChI is InChI=1S/C20H25NO7/c1-11-5-7-12(8-6-11)28-15(22)10-21-13-9-14(25-2)18(26-3)19(27-4)16(13)17(23)20(21)24/h9,11-12H,5-8,10H2,1-4H3. The second kappa shape index (κ2) is 8.08. The lowest BCUT2D eigenvalue weighted by molar-refractivity contribution is -0.149. The number of ether oxygens (including phenoxy) is 4. The zero-order valence-electron chi connectivity index (χ0n) is 16.6. The minimum absolute atomic E-state index is 0.0597. The number of carbonyl (C=O) groups is 3. The van der Waals surface area contributed by atoms with Crippen LogP contribution in [0, 0.1) is 5.92 Å². The summed E-state index contributed by atoms with van der Waals surface area (Å²) in [6.07, 6.45) is 3.51. The molecule has 0 atom stereocenters. The second-order valence-corrected chi connectivity index (χ2v) is 7.13. The zero-order chi connectivity index (χ0) is 20.4. The molecule has 3 rings (SSSR count). The number of esters is 1. The number of methoxy groups -OCH3 is 3. The predicted octanol–water partition coefficient (Wildman–Crippen LogP) is 2.36. The van der Waals surface area contributed by atoms with Crippen molar-refractivity contribution in [3.8, 4) is 17.2 Å². The Morgan fingerprint density at radius 2 is 1.68 bits per heavy atom. The van der Waals surface area contributed by atoms with E-state index < -0.39 is 17.7 Å². The molecular weight excluding hydrogens is 366 g/mol. The van der Waals surface area contributed by atoms with Gasteiger partial charge in [-0.1, -0.05) is 6.92 Å². The molecule has 1 amide bonds. The van der Waals surface area contributed by atoms with E-state index in [-0.39, 0.29) is 35.4 Å². The molecule has 1 aromatic rings. The van der Waals surface area contributed by atoms with Gasteiger partial charge in [0.2, 0.25) is 5.75 Å². The molecule has 8 nitrogen and oxygen atoms in total. The van der Waals surface area contributed by atoms with E-state index in [1.54, 1.807) is 0 Å². The van der Waals surface area contributed by atoms with Gasteiger partial charge in [-0.2, -0.15) is 0 Å². The molecule has 0 unspecified atom stereocenters. The molecule has 1 aromatic carbocycles. The Bertz CT molecular complexity index is 796. The van der Waals surface area contributed by atoms with Crippen molar-refractivity contribution < 1.29 is 33.3 Å². The van der Waals surface area contributed by atoms with Crippen LogP contribution in [0.5, 0.6) is 17.2 Å². The van der Waals surface area contributed by atoms with E-state index in [9.17, 15) is 14.4 Å². The average molecular weight is 391 g/mol. The van der Waals surface area contributed by atoms with E-state index in [2.05, 4.69) is 6.92 Å². The van der Waals surface area contributed by atoms with E-state index in [0.717, 1.165) is 30.6 Å². The van der Waals surface area contributed by atoms with Gasteiger partial charge in [0.25, 0.3) is 11.7 Å². The van der Waals surface area contributed by atoms with Gasteiger partial charge in [0, 0.05) is 6.07 Å². The number of amides is 1. The first-order chi connectivity index (χ1) is 13.4. The third kappa shape index (κ3) is 3.50. The van der Waals surface area contributed by atoms with Gasteiger partial charge < -0.3 is 18.9 Å². The molecule has 0 saturated heterocycles. The number of fused-ring (bicyclic) bond motifs is 1.